The lowest BCUT2D eigenvalue weighted by atomic mass is 10.1. The molecule has 1 aliphatic heterocycles. The number of nitrogens with zero attached hydrogens (tertiary/aromatic N) is 2. The highest BCUT2D eigenvalue weighted by molar-refractivity contribution is 5.79. The summed E-state index contributed by atoms with van der Waals surface area (Å²) in [6.45, 7) is 1.94. The largest absolute Gasteiger partial charge is 0.480 e. The van der Waals surface area contributed by atoms with Crippen molar-refractivity contribution in [3.05, 3.63) is 0 Å². The molecular weight excluding hydrogens is 268 g/mol. The Morgan fingerprint density at radius 3 is 2.05 bits per heavy atom. The van der Waals surface area contributed by atoms with Crippen LogP contribution in [0.3, 0.4) is 0 Å². The molecule has 2 fully saturated rings. The standard InChI is InChI=1S/C16H28N2O3/c19-15(17-10-6-2-1-3-7-11-17)12-18(13-16(20)21)14-8-4-5-9-14/h14H,1-13H2,(H,20,21). The van der Waals surface area contributed by atoms with Gasteiger partial charge in [-0.25, -0.2) is 0 Å². The van der Waals surface area contributed by atoms with Crippen molar-refractivity contribution in [1.82, 2.24) is 9.80 Å². The van der Waals surface area contributed by atoms with E-state index in [9.17, 15) is 9.59 Å². The summed E-state index contributed by atoms with van der Waals surface area (Å²) in [6.07, 6.45) is 10.2. The SMILES string of the molecule is O=C(O)CN(CC(=O)N1CCCCCCC1)C1CCCC1. The van der Waals surface area contributed by atoms with Gasteiger partial charge in [-0.15, -0.1) is 0 Å². The van der Waals surface area contributed by atoms with E-state index in [0.717, 1.165) is 51.6 Å². The number of carbonyl (C=O) groups excluding carboxylic acids is 1. The van der Waals surface area contributed by atoms with Crippen LogP contribution in [0, 0.1) is 0 Å². The molecule has 5 heteroatoms. The van der Waals surface area contributed by atoms with Crippen molar-refractivity contribution in [1.29, 1.82) is 0 Å². The molecule has 1 aliphatic carbocycles. The molecule has 0 unspecified atom stereocenters. The predicted octanol–water partition coefficient (Wildman–Crippen LogP) is 2.11. The van der Waals surface area contributed by atoms with Gasteiger partial charge in [0.15, 0.2) is 0 Å². The van der Waals surface area contributed by atoms with Crippen LogP contribution in [0.15, 0.2) is 0 Å². The van der Waals surface area contributed by atoms with Crippen LogP contribution in [0.2, 0.25) is 0 Å². The quantitative estimate of drug-likeness (QED) is 0.844. The van der Waals surface area contributed by atoms with E-state index in [1.165, 1.54) is 19.3 Å². The zero-order valence-corrected chi connectivity index (χ0v) is 12.9. The zero-order valence-electron chi connectivity index (χ0n) is 12.9. The summed E-state index contributed by atoms with van der Waals surface area (Å²) in [4.78, 5) is 27.4. The Labute approximate surface area is 127 Å². The third kappa shape index (κ3) is 5.30. The Kier molecular flexibility index (Phi) is 6.49. The molecule has 0 aromatic carbocycles. The molecule has 1 amide bonds. The first-order valence-corrected chi connectivity index (χ1v) is 8.40. The van der Waals surface area contributed by atoms with Crippen molar-refractivity contribution in [3.63, 3.8) is 0 Å². The highest BCUT2D eigenvalue weighted by atomic mass is 16.4. The minimum Gasteiger partial charge on any atom is -0.480 e. The van der Waals surface area contributed by atoms with Crippen molar-refractivity contribution in [2.75, 3.05) is 26.2 Å². The fourth-order valence-electron chi connectivity index (χ4n) is 3.53. The summed E-state index contributed by atoms with van der Waals surface area (Å²) >= 11 is 0. The second-order valence-corrected chi connectivity index (χ2v) is 6.39. The van der Waals surface area contributed by atoms with Crippen LogP contribution < -0.4 is 0 Å². The third-order valence-corrected chi connectivity index (χ3v) is 4.73. The Morgan fingerprint density at radius 1 is 0.905 bits per heavy atom. The maximum Gasteiger partial charge on any atom is 0.317 e. The Balaban J connectivity index is 1.90. The molecule has 1 N–H and O–H groups in total. The molecular formula is C16H28N2O3. The number of hydrogen-bond donors (Lipinski definition) is 1. The summed E-state index contributed by atoms with van der Waals surface area (Å²) < 4.78 is 0. The van der Waals surface area contributed by atoms with Gasteiger partial charge in [-0.2, -0.15) is 0 Å². The van der Waals surface area contributed by atoms with Crippen LogP contribution in [-0.4, -0.2) is 59.0 Å². The van der Waals surface area contributed by atoms with Gasteiger partial charge in [0.05, 0.1) is 13.1 Å². The maximum absolute atomic E-state index is 12.5. The molecule has 0 spiro atoms. The molecule has 0 aromatic rings. The van der Waals surface area contributed by atoms with E-state index in [1.807, 2.05) is 9.80 Å². The van der Waals surface area contributed by atoms with Crippen LogP contribution in [0.1, 0.15) is 57.8 Å². The van der Waals surface area contributed by atoms with Gasteiger partial charge in [0.2, 0.25) is 5.91 Å². The summed E-state index contributed by atoms with van der Waals surface area (Å²) in [5, 5.41) is 9.08. The molecule has 5 nitrogen and oxygen atoms in total. The lowest BCUT2D eigenvalue weighted by molar-refractivity contribution is -0.140. The first-order valence-electron chi connectivity index (χ1n) is 8.40. The Morgan fingerprint density at radius 2 is 1.48 bits per heavy atom. The van der Waals surface area contributed by atoms with E-state index >= 15 is 0 Å². The van der Waals surface area contributed by atoms with E-state index in [2.05, 4.69) is 0 Å². The van der Waals surface area contributed by atoms with Gasteiger partial charge in [-0.3, -0.25) is 14.5 Å². The minimum atomic E-state index is -0.831. The van der Waals surface area contributed by atoms with Gasteiger partial charge in [0.1, 0.15) is 0 Å². The topological polar surface area (TPSA) is 60.9 Å². The summed E-state index contributed by atoms with van der Waals surface area (Å²) in [6, 6.07) is 0.278. The molecule has 120 valence electrons. The monoisotopic (exact) mass is 296 g/mol. The van der Waals surface area contributed by atoms with Crippen molar-refractivity contribution in [3.8, 4) is 0 Å². The van der Waals surface area contributed by atoms with Crippen molar-refractivity contribution in [2.24, 2.45) is 0 Å². The smallest absolute Gasteiger partial charge is 0.317 e. The van der Waals surface area contributed by atoms with Gasteiger partial charge in [0, 0.05) is 19.1 Å². The number of likely N-dealkylation sites (tertiary alicyclic amines) is 1. The van der Waals surface area contributed by atoms with Gasteiger partial charge < -0.3 is 10.0 Å². The molecule has 1 saturated heterocycles. The summed E-state index contributed by atoms with van der Waals surface area (Å²) in [5.74, 6) is -0.715. The van der Waals surface area contributed by atoms with Crippen LogP contribution in [-0.2, 0) is 9.59 Å². The van der Waals surface area contributed by atoms with Crippen molar-refractivity contribution in [2.45, 2.75) is 63.8 Å². The van der Waals surface area contributed by atoms with Gasteiger partial charge in [-0.1, -0.05) is 32.1 Å². The van der Waals surface area contributed by atoms with E-state index in [-0.39, 0.29) is 25.0 Å². The number of carboxylic acids is 1. The van der Waals surface area contributed by atoms with Gasteiger partial charge in [-0.05, 0) is 25.7 Å². The molecule has 0 atom stereocenters. The Hall–Kier alpha value is -1.10. The lowest BCUT2D eigenvalue weighted by Crippen LogP contribution is -2.46. The lowest BCUT2D eigenvalue weighted by Gasteiger charge is -2.31. The molecule has 2 rings (SSSR count). The van der Waals surface area contributed by atoms with Crippen molar-refractivity contribution >= 4 is 11.9 Å². The number of carboxylic acid groups (broad SMARTS) is 1. The first kappa shape index (κ1) is 16.3. The number of rotatable bonds is 5. The van der Waals surface area contributed by atoms with Crippen LogP contribution in [0.4, 0.5) is 0 Å². The van der Waals surface area contributed by atoms with E-state index in [0.29, 0.717) is 0 Å². The summed E-state index contributed by atoms with van der Waals surface area (Å²) in [5.41, 5.74) is 0. The zero-order chi connectivity index (χ0) is 15.1. The summed E-state index contributed by atoms with van der Waals surface area (Å²) in [7, 11) is 0. The molecule has 1 saturated carbocycles. The van der Waals surface area contributed by atoms with E-state index in [4.69, 9.17) is 5.11 Å². The predicted molar refractivity (Wildman–Crippen MR) is 81.1 cm³/mol. The number of aliphatic carboxylic acids is 1. The molecule has 21 heavy (non-hydrogen) atoms. The third-order valence-electron chi connectivity index (χ3n) is 4.73. The second kappa shape index (κ2) is 8.37. The second-order valence-electron chi connectivity index (χ2n) is 6.39. The fourth-order valence-corrected chi connectivity index (χ4v) is 3.53. The van der Waals surface area contributed by atoms with E-state index in [1.54, 1.807) is 0 Å². The van der Waals surface area contributed by atoms with Gasteiger partial charge >= 0.3 is 5.97 Å². The molecule has 0 bridgehead atoms. The normalized spacial score (nSPS) is 21.3. The highest BCUT2D eigenvalue weighted by Gasteiger charge is 2.27. The highest BCUT2D eigenvalue weighted by Crippen LogP contribution is 2.23. The van der Waals surface area contributed by atoms with Crippen LogP contribution >= 0.6 is 0 Å². The molecule has 0 aromatic heterocycles. The minimum absolute atomic E-state index is 0.00968. The number of carbonyl (C=O) groups is 2. The first-order chi connectivity index (χ1) is 10.2. The number of hydrogen-bond acceptors (Lipinski definition) is 3. The Bertz CT molecular complexity index is 345. The fraction of sp³-hybridized carbons (Fsp3) is 0.875. The van der Waals surface area contributed by atoms with Gasteiger partial charge in [0.25, 0.3) is 0 Å². The van der Waals surface area contributed by atoms with Crippen LogP contribution in [0.5, 0.6) is 0 Å². The average Bonchev–Trinajstić information content (AvgIpc) is 2.90. The average molecular weight is 296 g/mol. The molecule has 1 heterocycles. The van der Waals surface area contributed by atoms with Crippen molar-refractivity contribution < 1.29 is 14.7 Å². The van der Waals surface area contributed by atoms with E-state index < -0.39 is 5.97 Å². The maximum atomic E-state index is 12.5. The molecule has 2 aliphatic rings. The molecule has 0 radical (unpaired) electrons. The van der Waals surface area contributed by atoms with Crippen LogP contribution in [0.25, 0.3) is 0 Å². The number of amides is 1.